The van der Waals surface area contributed by atoms with E-state index in [1.165, 1.54) is 0 Å². The van der Waals surface area contributed by atoms with E-state index in [1.54, 1.807) is 52.0 Å². The third kappa shape index (κ3) is 4.86. The molecule has 1 aromatic carbocycles. The van der Waals surface area contributed by atoms with Crippen LogP contribution in [0, 0.1) is 0 Å². The highest BCUT2D eigenvalue weighted by Gasteiger charge is 2.15. The van der Waals surface area contributed by atoms with Crippen LogP contribution in [0.15, 0.2) is 29.4 Å². The molecule has 0 bridgehead atoms. The van der Waals surface area contributed by atoms with Crippen molar-refractivity contribution >= 4 is 11.8 Å². The first-order valence-electron chi connectivity index (χ1n) is 5.60. The Hall–Kier alpha value is -2.04. The second kappa shape index (κ2) is 5.53. The average molecular weight is 250 g/mol. The number of rotatable bonds is 2. The standard InChI is InChI=1S/C13H18N2O3/c1-9(10-5-7-11(16)8-6-10)14-15-12(17)18-13(2,3)4/h5-8,16H,1-4H3,(H,15,17)/b14-9+. The summed E-state index contributed by atoms with van der Waals surface area (Å²) in [4.78, 5) is 11.4. The molecule has 0 heterocycles. The van der Waals surface area contributed by atoms with Gasteiger partial charge in [0.1, 0.15) is 11.4 Å². The summed E-state index contributed by atoms with van der Waals surface area (Å²) in [6.45, 7) is 7.10. The fraction of sp³-hybridized carbons (Fsp3) is 0.385. The molecule has 98 valence electrons. The van der Waals surface area contributed by atoms with Crippen molar-refractivity contribution in [2.45, 2.75) is 33.3 Å². The van der Waals surface area contributed by atoms with E-state index >= 15 is 0 Å². The van der Waals surface area contributed by atoms with Gasteiger partial charge in [0.15, 0.2) is 0 Å². The second-order valence-electron chi connectivity index (χ2n) is 4.86. The van der Waals surface area contributed by atoms with Gasteiger partial charge >= 0.3 is 6.09 Å². The summed E-state index contributed by atoms with van der Waals surface area (Å²) in [5, 5.41) is 13.1. The summed E-state index contributed by atoms with van der Waals surface area (Å²) < 4.78 is 5.05. The maximum absolute atomic E-state index is 11.4. The zero-order chi connectivity index (χ0) is 13.8. The number of nitrogens with one attached hydrogen (secondary N) is 1. The van der Waals surface area contributed by atoms with Crippen molar-refractivity contribution in [1.82, 2.24) is 5.43 Å². The van der Waals surface area contributed by atoms with E-state index in [0.717, 1.165) is 5.56 Å². The highest BCUT2D eigenvalue weighted by atomic mass is 16.6. The lowest BCUT2D eigenvalue weighted by Crippen LogP contribution is -2.30. The van der Waals surface area contributed by atoms with E-state index in [2.05, 4.69) is 10.5 Å². The number of nitrogens with zero attached hydrogens (tertiary/aromatic N) is 1. The van der Waals surface area contributed by atoms with Crippen molar-refractivity contribution in [3.8, 4) is 5.75 Å². The Morgan fingerprint density at radius 1 is 1.28 bits per heavy atom. The Balaban J connectivity index is 2.62. The number of amides is 1. The van der Waals surface area contributed by atoms with Gasteiger partial charge in [0.05, 0.1) is 5.71 Å². The van der Waals surface area contributed by atoms with Crippen LogP contribution in [-0.4, -0.2) is 22.5 Å². The molecule has 18 heavy (non-hydrogen) atoms. The predicted octanol–water partition coefficient (Wildman–Crippen LogP) is 2.64. The average Bonchev–Trinajstić information content (AvgIpc) is 2.24. The summed E-state index contributed by atoms with van der Waals surface area (Å²) >= 11 is 0. The molecule has 5 heteroatoms. The third-order valence-electron chi connectivity index (χ3n) is 2.00. The van der Waals surface area contributed by atoms with E-state index in [4.69, 9.17) is 9.84 Å². The van der Waals surface area contributed by atoms with Gasteiger partial charge in [-0.3, -0.25) is 0 Å². The van der Waals surface area contributed by atoms with Crippen LogP contribution in [-0.2, 0) is 4.74 Å². The lowest BCUT2D eigenvalue weighted by Gasteiger charge is -2.18. The molecule has 0 fully saturated rings. The molecular formula is C13H18N2O3. The Morgan fingerprint density at radius 2 is 1.83 bits per heavy atom. The topological polar surface area (TPSA) is 70.9 Å². The first kappa shape index (κ1) is 14.0. The van der Waals surface area contributed by atoms with Crippen LogP contribution in [0.5, 0.6) is 5.75 Å². The first-order valence-corrected chi connectivity index (χ1v) is 5.60. The SMILES string of the molecule is C/C(=N\NC(=O)OC(C)(C)C)c1ccc(O)cc1. The van der Waals surface area contributed by atoms with Crippen molar-refractivity contribution in [1.29, 1.82) is 0 Å². The van der Waals surface area contributed by atoms with Gasteiger partial charge in [-0.25, -0.2) is 10.2 Å². The smallest absolute Gasteiger partial charge is 0.428 e. The molecule has 0 unspecified atom stereocenters. The van der Waals surface area contributed by atoms with E-state index in [1.807, 2.05) is 0 Å². The lowest BCUT2D eigenvalue weighted by molar-refractivity contribution is 0.0529. The summed E-state index contributed by atoms with van der Waals surface area (Å²) in [5.41, 5.74) is 3.20. The van der Waals surface area contributed by atoms with Gasteiger partial charge in [0.2, 0.25) is 0 Å². The minimum atomic E-state index is -0.597. The summed E-state index contributed by atoms with van der Waals surface area (Å²) in [7, 11) is 0. The van der Waals surface area contributed by atoms with E-state index in [0.29, 0.717) is 5.71 Å². The molecular weight excluding hydrogens is 232 g/mol. The van der Waals surface area contributed by atoms with Crippen molar-refractivity contribution in [3.05, 3.63) is 29.8 Å². The first-order chi connectivity index (χ1) is 8.28. The number of hydrogen-bond donors (Lipinski definition) is 2. The van der Waals surface area contributed by atoms with Crippen LogP contribution in [0.1, 0.15) is 33.3 Å². The van der Waals surface area contributed by atoms with Crippen molar-refractivity contribution in [2.75, 3.05) is 0 Å². The minimum Gasteiger partial charge on any atom is -0.508 e. The molecule has 0 radical (unpaired) electrons. The monoisotopic (exact) mass is 250 g/mol. The largest absolute Gasteiger partial charge is 0.508 e. The van der Waals surface area contributed by atoms with Crippen LogP contribution < -0.4 is 5.43 Å². The highest BCUT2D eigenvalue weighted by Crippen LogP contribution is 2.10. The van der Waals surface area contributed by atoms with Crippen LogP contribution >= 0.6 is 0 Å². The highest BCUT2D eigenvalue weighted by molar-refractivity contribution is 5.99. The summed E-state index contributed by atoms with van der Waals surface area (Å²) in [5.74, 6) is 0.187. The Bertz CT molecular complexity index is 444. The molecule has 1 rings (SSSR count). The van der Waals surface area contributed by atoms with Gasteiger partial charge in [-0.15, -0.1) is 0 Å². The molecule has 1 amide bonds. The molecule has 0 saturated carbocycles. The van der Waals surface area contributed by atoms with Gasteiger partial charge in [-0.1, -0.05) is 0 Å². The maximum Gasteiger partial charge on any atom is 0.428 e. The van der Waals surface area contributed by atoms with Crippen LogP contribution in [0.25, 0.3) is 0 Å². The normalized spacial score (nSPS) is 12.1. The number of benzene rings is 1. The number of phenols is 1. The van der Waals surface area contributed by atoms with Crippen LogP contribution in [0.3, 0.4) is 0 Å². The van der Waals surface area contributed by atoms with E-state index < -0.39 is 11.7 Å². The maximum atomic E-state index is 11.4. The van der Waals surface area contributed by atoms with Crippen molar-refractivity contribution in [3.63, 3.8) is 0 Å². The zero-order valence-electron chi connectivity index (χ0n) is 11.0. The number of ether oxygens (including phenoxy) is 1. The van der Waals surface area contributed by atoms with Gasteiger partial charge in [0.25, 0.3) is 0 Å². The van der Waals surface area contributed by atoms with E-state index in [-0.39, 0.29) is 5.75 Å². The van der Waals surface area contributed by atoms with E-state index in [9.17, 15) is 4.79 Å². The van der Waals surface area contributed by atoms with Gasteiger partial charge in [-0.05, 0) is 57.5 Å². The molecule has 0 aliphatic rings. The fourth-order valence-electron chi connectivity index (χ4n) is 1.20. The number of aromatic hydroxyl groups is 1. The fourth-order valence-corrected chi connectivity index (χ4v) is 1.20. The predicted molar refractivity (Wildman–Crippen MR) is 69.7 cm³/mol. The molecule has 5 nitrogen and oxygen atoms in total. The zero-order valence-corrected chi connectivity index (χ0v) is 11.0. The Labute approximate surface area is 106 Å². The van der Waals surface area contributed by atoms with Crippen LogP contribution in [0.2, 0.25) is 0 Å². The number of carbonyl (C=O) groups excluding carboxylic acids is 1. The summed E-state index contributed by atoms with van der Waals surface area (Å²) in [6, 6.07) is 6.54. The Kier molecular flexibility index (Phi) is 4.31. The molecule has 1 aromatic rings. The quantitative estimate of drug-likeness (QED) is 0.626. The minimum absolute atomic E-state index is 0.187. The van der Waals surface area contributed by atoms with Gasteiger partial charge in [-0.2, -0.15) is 5.10 Å². The molecule has 0 saturated heterocycles. The number of carbonyl (C=O) groups is 1. The van der Waals surface area contributed by atoms with Crippen LogP contribution in [0.4, 0.5) is 4.79 Å². The molecule has 2 N–H and O–H groups in total. The Morgan fingerprint density at radius 3 is 2.33 bits per heavy atom. The molecule has 0 aromatic heterocycles. The second-order valence-corrected chi connectivity index (χ2v) is 4.86. The molecule has 0 aliphatic heterocycles. The lowest BCUT2D eigenvalue weighted by atomic mass is 10.1. The number of phenolic OH excluding ortho intramolecular Hbond substituents is 1. The number of hydrogen-bond acceptors (Lipinski definition) is 4. The molecule has 0 aliphatic carbocycles. The molecule has 0 spiro atoms. The number of hydrazone groups is 1. The van der Waals surface area contributed by atoms with Crippen molar-refractivity contribution in [2.24, 2.45) is 5.10 Å². The van der Waals surface area contributed by atoms with Gasteiger partial charge in [0, 0.05) is 0 Å². The third-order valence-corrected chi connectivity index (χ3v) is 2.00. The van der Waals surface area contributed by atoms with Crippen molar-refractivity contribution < 1.29 is 14.6 Å². The summed E-state index contributed by atoms with van der Waals surface area (Å²) in [6.07, 6.45) is -0.597. The molecule has 0 atom stereocenters. The van der Waals surface area contributed by atoms with Gasteiger partial charge < -0.3 is 9.84 Å².